The topological polar surface area (TPSA) is 75.3 Å². The molecule has 0 rings (SSSR count). The Bertz CT molecular complexity index is 134. The van der Waals surface area contributed by atoms with E-state index in [2.05, 4.69) is 5.32 Å². The van der Waals surface area contributed by atoms with Gasteiger partial charge in [-0.3, -0.25) is 4.79 Å². The molecule has 0 aliphatic heterocycles. The van der Waals surface area contributed by atoms with Crippen LogP contribution in [0.1, 0.15) is 13.8 Å². The normalized spacial score (nSPS) is 11.3. The van der Waals surface area contributed by atoms with Crippen molar-refractivity contribution < 1.29 is 9.90 Å². The summed E-state index contributed by atoms with van der Waals surface area (Å²) in [6.07, 6.45) is 0. The highest BCUT2D eigenvalue weighted by Gasteiger charge is 2.25. The van der Waals surface area contributed by atoms with Crippen molar-refractivity contribution in [3.8, 4) is 0 Å². The first-order chi connectivity index (χ1) is 5.04. The summed E-state index contributed by atoms with van der Waals surface area (Å²) >= 11 is 0. The van der Waals surface area contributed by atoms with E-state index >= 15 is 0 Å². The quantitative estimate of drug-likeness (QED) is 0.498. The summed E-state index contributed by atoms with van der Waals surface area (Å²) in [6, 6.07) is 0. The first-order valence-electron chi connectivity index (χ1n) is 3.64. The number of nitrogens with one attached hydrogen (secondary N) is 1. The van der Waals surface area contributed by atoms with E-state index in [1.54, 1.807) is 13.8 Å². The van der Waals surface area contributed by atoms with Crippen LogP contribution in [0.3, 0.4) is 0 Å². The molecule has 4 heteroatoms. The monoisotopic (exact) mass is 160 g/mol. The predicted molar refractivity (Wildman–Crippen MR) is 42.9 cm³/mol. The summed E-state index contributed by atoms with van der Waals surface area (Å²) in [7, 11) is 0. The minimum absolute atomic E-state index is 0.149. The lowest BCUT2D eigenvalue weighted by atomic mass is 9.94. The van der Waals surface area contributed by atoms with Gasteiger partial charge in [0.1, 0.15) is 0 Å². The van der Waals surface area contributed by atoms with Crippen LogP contribution in [-0.4, -0.2) is 30.7 Å². The van der Waals surface area contributed by atoms with Gasteiger partial charge >= 0.3 is 0 Å². The third-order valence-electron chi connectivity index (χ3n) is 1.44. The van der Waals surface area contributed by atoms with E-state index in [0.29, 0.717) is 13.1 Å². The molecule has 0 unspecified atom stereocenters. The lowest BCUT2D eigenvalue weighted by Gasteiger charge is -2.19. The van der Waals surface area contributed by atoms with Crippen LogP contribution in [0, 0.1) is 5.41 Å². The van der Waals surface area contributed by atoms with Crippen LogP contribution < -0.4 is 11.1 Å². The lowest BCUT2D eigenvalue weighted by molar-refractivity contribution is -0.131. The van der Waals surface area contributed by atoms with Crippen LogP contribution in [0.15, 0.2) is 0 Å². The molecule has 66 valence electrons. The second-order valence-corrected chi connectivity index (χ2v) is 3.09. The van der Waals surface area contributed by atoms with Gasteiger partial charge in [0, 0.05) is 13.1 Å². The van der Waals surface area contributed by atoms with E-state index in [9.17, 15) is 4.79 Å². The molecule has 4 nitrogen and oxygen atoms in total. The summed E-state index contributed by atoms with van der Waals surface area (Å²) < 4.78 is 0. The minimum Gasteiger partial charge on any atom is -0.395 e. The maximum atomic E-state index is 11.1. The van der Waals surface area contributed by atoms with Gasteiger partial charge in [0.25, 0.3) is 0 Å². The van der Waals surface area contributed by atoms with Crippen LogP contribution in [0.4, 0.5) is 0 Å². The molecule has 11 heavy (non-hydrogen) atoms. The molecule has 0 saturated heterocycles. The molecule has 0 aromatic carbocycles. The third kappa shape index (κ3) is 3.34. The number of amides is 1. The van der Waals surface area contributed by atoms with Gasteiger partial charge in [-0.25, -0.2) is 0 Å². The van der Waals surface area contributed by atoms with E-state index < -0.39 is 5.41 Å². The van der Waals surface area contributed by atoms with E-state index in [0.717, 1.165) is 0 Å². The highest BCUT2D eigenvalue weighted by atomic mass is 16.3. The van der Waals surface area contributed by atoms with Crippen molar-refractivity contribution >= 4 is 5.91 Å². The van der Waals surface area contributed by atoms with Crippen molar-refractivity contribution in [3.63, 3.8) is 0 Å². The first-order valence-corrected chi connectivity index (χ1v) is 3.64. The van der Waals surface area contributed by atoms with Crippen LogP contribution in [0.25, 0.3) is 0 Å². The van der Waals surface area contributed by atoms with Crippen molar-refractivity contribution in [3.05, 3.63) is 0 Å². The predicted octanol–water partition coefficient (Wildman–Crippen LogP) is -0.920. The van der Waals surface area contributed by atoms with Crippen LogP contribution >= 0.6 is 0 Å². The standard InChI is InChI=1S/C7H16N2O2/c1-7(2,5-10)6(11)9-4-3-8/h10H,3-5,8H2,1-2H3,(H,9,11). The van der Waals surface area contributed by atoms with Gasteiger partial charge in [0.15, 0.2) is 0 Å². The van der Waals surface area contributed by atoms with Crippen molar-refractivity contribution in [1.82, 2.24) is 5.32 Å². The molecule has 1 amide bonds. The smallest absolute Gasteiger partial charge is 0.228 e. The molecule has 0 heterocycles. The zero-order chi connectivity index (χ0) is 8.91. The number of hydrogen-bond acceptors (Lipinski definition) is 3. The van der Waals surface area contributed by atoms with Crippen molar-refractivity contribution in [2.24, 2.45) is 11.1 Å². The highest BCUT2D eigenvalue weighted by Crippen LogP contribution is 2.12. The van der Waals surface area contributed by atoms with Crippen molar-refractivity contribution in [2.75, 3.05) is 19.7 Å². The van der Waals surface area contributed by atoms with Crippen LogP contribution in [0.5, 0.6) is 0 Å². The summed E-state index contributed by atoms with van der Waals surface area (Å²) in [5, 5.41) is 11.4. The highest BCUT2D eigenvalue weighted by molar-refractivity contribution is 5.81. The number of carbonyl (C=O) groups is 1. The Morgan fingerprint density at radius 1 is 1.64 bits per heavy atom. The maximum absolute atomic E-state index is 11.1. The average Bonchev–Trinajstić information content (AvgIpc) is 2.00. The number of nitrogens with two attached hydrogens (primary N) is 1. The van der Waals surface area contributed by atoms with E-state index in [1.165, 1.54) is 0 Å². The molecule has 0 aliphatic carbocycles. The Morgan fingerprint density at radius 3 is 2.55 bits per heavy atom. The number of aliphatic hydroxyl groups is 1. The number of aliphatic hydroxyl groups excluding tert-OH is 1. The van der Waals surface area contributed by atoms with Gasteiger partial charge in [0.05, 0.1) is 12.0 Å². The Morgan fingerprint density at radius 2 is 2.18 bits per heavy atom. The zero-order valence-corrected chi connectivity index (χ0v) is 7.05. The zero-order valence-electron chi connectivity index (χ0n) is 7.05. The van der Waals surface area contributed by atoms with Gasteiger partial charge in [-0.1, -0.05) is 0 Å². The summed E-state index contributed by atoms with van der Waals surface area (Å²) in [4.78, 5) is 11.1. The molecule has 0 aromatic heterocycles. The summed E-state index contributed by atoms with van der Waals surface area (Å²) in [5.41, 5.74) is 4.49. The van der Waals surface area contributed by atoms with E-state index in [4.69, 9.17) is 10.8 Å². The van der Waals surface area contributed by atoms with Crippen LogP contribution in [-0.2, 0) is 4.79 Å². The summed E-state index contributed by atoms with van der Waals surface area (Å²) in [6.45, 7) is 4.09. The first kappa shape index (κ1) is 10.4. The van der Waals surface area contributed by atoms with E-state index in [1.807, 2.05) is 0 Å². The van der Waals surface area contributed by atoms with Gasteiger partial charge < -0.3 is 16.2 Å². The Labute approximate surface area is 66.8 Å². The molecule has 0 atom stereocenters. The SMILES string of the molecule is CC(C)(CO)C(=O)NCCN. The fourth-order valence-corrected chi connectivity index (χ4v) is 0.497. The van der Waals surface area contributed by atoms with Crippen molar-refractivity contribution in [2.45, 2.75) is 13.8 Å². The molecule has 0 fully saturated rings. The largest absolute Gasteiger partial charge is 0.395 e. The number of hydrogen-bond donors (Lipinski definition) is 3. The number of rotatable bonds is 4. The molecular weight excluding hydrogens is 144 g/mol. The third-order valence-corrected chi connectivity index (χ3v) is 1.44. The fraction of sp³-hybridized carbons (Fsp3) is 0.857. The summed E-state index contributed by atoms with van der Waals surface area (Å²) in [5.74, 6) is -0.162. The Hall–Kier alpha value is -0.610. The second kappa shape index (κ2) is 4.31. The molecule has 0 radical (unpaired) electrons. The molecule has 0 spiro atoms. The molecule has 4 N–H and O–H groups in total. The minimum atomic E-state index is -0.699. The van der Waals surface area contributed by atoms with Gasteiger partial charge in [-0.05, 0) is 13.8 Å². The Kier molecular flexibility index (Phi) is 4.07. The molecule has 0 bridgehead atoms. The second-order valence-electron chi connectivity index (χ2n) is 3.09. The lowest BCUT2D eigenvalue weighted by Crippen LogP contribution is -2.41. The fourth-order valence-electron chi connectivity index (χ4n) is 0.497. The average molecular weight is 160 g/mol. The molecule has 0 aromatic rings. The Balaban J connectivity index is 3.82. The van der Waals surface area contributed by atoms with Gasteiger partial charge in [-0.2, -0.15) is 0 Å². The maximum Gasteiger partial charge on any atom is 0.228 e. The molecular formula is C7H16N2O2. The van der Waals surface area contributed by atoms with Gasteiger partial charge in [-0.15, -0.1) is 0 Å². The van der Waals surface area contributed by atoms with E-state index in [-0.39, 0.29) is 12.5 Å². The molecule has 0 saturated carbocycles. The van der Waals surface area contributed by atoms with Crippen LogP contribution in [0.2, 0.25) is 0 Å². The van der Waals surface area contributed by atoms with Crippen molar-refractivity contribution in [1.29, 1.82) is 0 Å². The molecule has 0 aliphatic rings. The number of carbonyl (C=O) groups excluding carboxylic acids is 1. The van der Waals surface area contributed by atoms with Gasteiger partial charge in [0.2, 0.25) is 5.91 Å².